The van der Waals surface area contributed by atoms with Crippen molar-refractivity contribution in [2.75, 3.05) is 5.32 Å². The zero-order valence-electron chi connectivity index (χ0n) is 10.2. The van der Waals surface area contributed by atoms with Crippen molar-refractivity contribution < 1.29 is 10.2 Å². The Balaban J connectivity index is 2.14. The normalized spacial score (nSPS) is 10.5. The molecule has 2 rings (SSSR count). The third kappa shape index (κ3) is 3.33. The highest BCUT2D eigenvalue weighted by Crippen LogP contribution is 2.30. The maximum absolute atomic E-state index is 9.42. The van der Waals surface area contributed by atoms with Crippen molar-refractivity contribution in [2.45, 2.75) is 13.5 Å². The van der Waals surface area contributed by atoms with E-state index in [2.05, 4.69) is 21.2 Å². The smallest absolute Gasteiger partial charge is 0.157 e. The molecule has 0 saturated carbocycles. The van der Waals surface area contributed by atoms with Crippen molar-refractivity contribution in [3.8, 4) is 11.5 Å². The SMILES string of the molecule is Cc1cc(Br)c(NCc2ccc(O)c(O)c2)cc1Cl. The fourth-order valence-electron chi connectivity index (χ4n) is 1.66. The molecule has 0 aromatic heterocycles. The second-order valence-corrected chi connectivity index (χ2v) is 5.52. The lowest BCUT2D eigenvalue weighted by Crippen LogP contribution is -2.00. The summed E-state index contributed by atoms with van der Waals surface area (Å²) in [4.78, 5) is 0. The number of hydrogen-bond donors (Lipinski definition) is 3. The van der Waals surface area contributed by atoms with Gasteiger partial charge in [0.15, 0.2) is 11.5 Å². The van der Waals surface area contributed by atoms with Crippen molar-refractivity contribution in [2.24, 2.45) is 0 Å². The zero-order chi connectivity index (χ0) is 14.0. The Morgan fingerprint density at radius 1 is 1.16 bits per heavy atom. The summed E-state index contributed by atoms with van der Waals surface area (Å²) >= 11 is 9.55. The molecule has 0 unspecified atom stereocenters. The van der Waals surface area contributed by atoms with Gasteiger partial charge in [0.05, 0.1) is 5.69 Å². The van der Waals surface area contributed by atoms with Gasteiger partial charge in [-0.3, -0.25) is 0 Å². The average molecular weight is 343 g/mol. The van der Waals surface area contributed by atoms with Gasteiger partial charge >= 0.3 is 0 Å². The third-order valence-corrected chi connectivity index (χ3v) is 3.83. The van der Waals surface area contributed by atoms with E-state index < -0.39 is 0 Å². The summed E-state index contributed by atoms with van der Waals surface area (Å²) < 4.78 is 0.928. The van der Waals surface area contributed by atoms with E-state index in [0.29, 0.717) is 11.6 Å². The molecule has 0 fully saturated rings. The number of anilines is 1. The van der Waals surface area contributed by atoms with Crippen LogP contribution in [0.4, 0.5) is 5.69 Å². The lowest BCUT2D eigenvalue weighted by Gasteiger charge is -2.11. The third-order valence-electron chi connectivity index (χ3n) is 2.77. The summed E-state index contributed by atoms with van der Waals surface area (Å²) in [6, 6.07) is 8.52. The molecule has 5 heteroatoms. The van der Waals surface area contributed by atoms with E-state index in [9.17, 15) is 10.2 Å². The van der Waals surface area contributed by atoms with Gasteiger partial charge < -0.3 is 15.5 Å². The molecule has 0 aliphatic carbocycles. The molecule has 0 aliphatic heterocycles. The number of benzene rings is 2. The highest BCUT2D eigenvalue weighted by molar-refractivity contribution is 9.10. The van der Waals surface area contributed by atoms with Crippen molar-refractivity contribution in [3.63, 3.8) is 0 Å². The Morgan fingerprint density at radius 3 is 2.58 bits per heavy atom. The van der Waals surface area contributed by atoms with Gasteiger partial charge in [-0.1, -0.05) is 17.7 Å². The van der Waals surface area contributed by atoms with E-state index in [1.807, 2.05) is 19.1 Å². The number of rotatable bonds is 3. The molecule has 3 N–H and O–H groups in total. The first kappa shape index (κ1) is 14.0. The van der Waals surface area contributed by atoms with Gasteiger partial charge in [-0.2, -0.15) is 0 Å². The first-order valence-electron chi connectivity index (χ1n) is 5.68. The topological polar surface area (TPSA) is 52.5 Å². The first-order chi connectivity index (χ1) is 8.97. The van der Waals surface area contributed by atoms with Crippen LogP contribution in [-0.2, 0) is 6.54 Å². The van der Waals surface area contributed by atoms with E-state index in [1.54, 1.807) is 6.07 Å². The van der Waals surface area contributed by atoms with Crippen LogP contribution in [0.3, 0.4) is 0 Å². The van der Waals surface area contributed by atoms with Crippen LogP contribution in [0.5, 0.6) is 11.5 Å². The Labute approximate surface area is 125 Å². The van der Waals surface area contributed by atoms with E-state index in [-0.39, 0.29) is 11.5 Å². The number of aromatic hydroxyl groups is 2. The standard InChI is InChI=1S/C14H13BrClNO2/c1-8-4-10(15)12(6-11(8)16)17-7-9-2-3-13(18)14(19)5-9/h2-6,17-19H,7H2,1H3. The summed E-state index contributed by atoms with van der Waals surface area (Å²) in [5.41, 5.74) is 2.74. The quantitative estimate of drug-likeness (QED) is 0.723. The Morgan fingerprint density at radius 2 is 1.89 bits per heavy atom. The number of hydrogen-bond acceptors (Lipinski definition) is 3. The fourth-order valence-corrected chi connectivity index (χ4v) is 2.42. The monoisotopic (exact) mass is 341 g/mol. The van der Waals surface area contributed by atoms with E-state index >= 15 is 0 Å². The molecule has 0 spiro atoms. The minimum absolute atomic E-state index is 0.122. The predicted octanol–water partition coefficient (Wildman–Crippen LogP) is 4.43. The largest absolute Gasteiger partial charge is 0.504 e. The number of halogens is 2. The Kier molecular flexibility index (Phi) is 4.22. The highest BCUT2D eigenvalue weighted by Gasteiger charge is 2.05. The molecule has 2 aromatic carbocycles. The van der Waals surface area contributed by atoms with Gasteiger partial charge in [0.2, 0.25) is 0 Å². The summed E-state index contributed by atoms with van der Waals surface area (Å²) in [6.45, 7) is 2.46. The molecular formula is C14H13BrClNO2. The summed E-state index contributed by atoms with van der Waals surface area (Å²) in [6.07, 6.45) is 0. The average Bonchev–Trinajstić information content (AvgIpc) is 2.36. The number of aryl methyl sites for hydroxylation is 1. The van der Waals surface area contributed by atoms with Crippen LogP contribution < -0.4 is 5.32 Å². The van der Waals surface area contributed by atoms with Crippen LogP contribution in [-0.4, -0.2) is 10.2 Å². The summed E-state index contributed by atoms with van der Waals surface area (Å²) in [5.74, 6) is -0.247. The van der Waals surface area contributed by atoms with Crippen molar-refractivity contribution >= 4 is 33.2 Å². The number of phenolic OH excluding ortho intramolecular Hbond substituents is 2. The van der Waals surface area contributed by atoms with Crippen LogP contribution in [0.15, 0.2) is 34.8 Å². The minimum atomic E-state index is -0.125. The van der Waals surface area contributed by atoms with Crippen molar-refractivity contribution in [1.29, 1.82) is 0 Å². The minimum Gasteiger partial charge on any atom is -0.504 e. The van der Waals surface area contributed by atoms with Gasteiger partial charge in [0.25, 0.3) is 0 Å². The predicted molar refractivity (Wildman–Crippen MR) is 81.0 cm³/mol. The van der Waals surface area contributed by atoms with Crippen LogP contribution >= 0.6 is 27.5 Å². The fraction of sp³-hybridized carbons (Fsp3) is 0.143. The molecule has 0 aliphatic rings. The van der Waals surface area contributed by atoms with Crippen LogP contribution in [0.1, 0.15) is 11.1 Å². The van der Waals surface area contributed by atoms with Crippen LogP contribution in [0, 0.1) is 6.92 Å². The van der Waals surface area contributed by atoms with Crippen LogP contribution in [0.25, 0.3) is 0 Å². The van der Waals surface area contributed by atoms with E-state index in [4.69, 9.17) is 11.6 Å². The molecule has 0 amide bonds. The maximum atomic E-state index is 9.42. The summed E-state index contributed by atoms with van der Waals surface area (Å²) in [5, 5.41) is 22.6. The molecule has 0 atom stereocenters. The number of nitrogens with one attached hydrogen (secondary N) is 1. The zero-order valence-corrected chi connectivity index (χ0v) is 12.6. The molecule has 2 aromatic rings. The molecule has 19 heavy (non-hydrogen) atoms. The van der Waals surface area contributed by atoms with E-state index in [0.717, 1.165) is 21.3 Å². The van der Waals surface area contributed by atoms with Gasteiger partial charge in [0, 0.05) is 16.0 Å². The molecular weight excluding hydrogens is 330 g/mol. The lowest BCUT2D eigenvalue weighted by molar-refractivity contribution is 0.403. The molecule has 0 heterocycles. The van der Waals surface area contributed by atoms with Gasteiger partial charge in [-0.25, -0.2) is 0 Å². The lowest BCUT2D eigenvalue weighted by atomic mass is 10.2. The molecule has 0 saturated heterocycles. The second kappa shape index (κ2) is 5.72. The van der Waals surface area contributed by atoms with Gasteiger partial charge in [0.1, 0.15) is 0 Å². The first-order valence-corrected chi connectivity index (χ1v) is 6.85. The molecule has 100 valence electrons. The van der Waals surface area contributed by atoms with Crippen LogP contribution in [0.2, 0.25) is 5.02 Å². The summed E-state index contributed by atoms with van der Waals surface area (Å²) in [7, 11) is 0. The second-order valence-electron chi connectivity index (χ2n) is 4.26. The maximum Gasteiger partial charge on any atom is 0.157 e. The Bertz CT molecular complexity index is 617. The van der Waals surface area contributed by atoms with Gasteiger partial charge in [-0.15, -0.1) is 0 Å². The molecule has 3 nitrogen and oxygen atoms in total. The van der Waals surface area contributed by atoms with Crippen molar-refractivity contribution in [3.05, 3.63) is 51.0 Å². The molecule has 0 bridgehead atoms. The number of phenols is 2. The van der Waals surface area contributed by atoms with Crippen molar-refractivity contribution in [1.82, 2.24) is 0 Å². The Hall–Kier alpha value is -1.39. The van der Waals surface area contributed by atoms with E-state index in [1.165, 1.54) is 12.1 Å². The molecule has 0 radical (unpaired) electrons. The van der Waals surface area contributed by atoms with Gasteiger partial charge in [-0.05, 0) is 58.2 Å². The highest BCUT2D eigenvalue weighted by atomic mass is 79.9.